The molecule has 1 N–H and O–H groups in total. The number of carbonyl (C=O) groups excluding carboxylic acids is 1. The van der Waals surface area contributed by atoms with Crippen molar-refractivity contribution in [2.75, 3.05) is 32.7 Å². The summed E-state index contributed by atoms with van der Waals surface area (Å²) in [5, 5.41) is 3.39. The van der Waals surface area contributed by atoms with E-state index >= 15 is 0 Å². The highest BCUT2D eigenvalue weighted by Gasteiger charge is 2.23. The number of nitrogens with one attached hydrogen (secondary N) is 1. The molecular formula is C22H30ClN3O. The Bertz CT molecular complexity index is 680. The molecular weight excluding hydrogens is 358 g/mol. The van der Waals surface area contributed by atoms with Crippen LogP contribution in [0.3, 0.4) is 0 Å². The first-order chi connectivity index (χ1) is 12.7. The molecule has 1 atom stereocenters. The lowest BCUT2D eigenvalue weighted by Gasteiger charge is -2.35. The highest BCUT2D eigenvalue weighted by molar-refractivity contribution is 5.85. The normalized spacial score (nSPS) is 17.1. The molecule has 1 fully saturated rings. The van der Waals surface area contributed by atoms with Crippen molar-refractivity contribution in [2.24, 2.45) is 0 Å². The minimum atomic E-state index is 0. The molecule has 0 aliphatic carbocycles. The van der Waals surface area contributed by atoms with Gasteiger partial charge in [0.25, 0.3) is 0 Å². The highest BCUT2D eigenvalue weighted by atomic mass is 35.5. The fourth-order valence-corrected chi connectivity index (χ4v) is 3.40. The Morgan fingerprint density at radius 2 is 1.70 bits per heavy atom. The number of amides is 1. The second kappa shape index (κ2) is 11.1. The first-order valence-corrected chi connectivity index (χ1v) is 9.53. The van der Waals surface area contributed by atoms with Crippen LogP contribution in [0.5, 0.6) is 0 Å². The summed E-state index contributed by atoms with van der Waals surface area (Å²) in [6.45, 7) is 6.96. The van der Waals surface area contributed by atoms with Crippen LogP contribution < -0.4 is 5.32 Å². The Morgan fingerprint density at radius 1 is 1.07 bits per heavy atom. The van der Waals surface area contributed by atoms with E-state index in [1.165, 1.54) is 11.1 Å². The average Bonchev–Trinajstić information content (AvgIpc) is 2.68. The Kier molecular flexibility index (Phi) is 8.79. The van der Waals surface area contributed by atoms with Crippen molar-refractivity contribution in [1.82, 2.24) is 15.1 Å². The first-order valence-electron chi connectivity index (χ1n) is 9.53. The van der Waals surface area contributed by atoms with Crippen molar-refractivity contribution >= 4 is 18.3 Å². The molecule has 2 aromatic rings. The molecule has 27 heavy (non-hydrogen) atoms. The molecule has 3 rings (SSSR count). The highest BCUT2D eigenvalue weighted by Crippen LogP contribution is 2.10. The first kappa shape index (κ1) is 21.4. The maximum absolute atomic E-state index is 13.0. The van der Waals surface area contributed by atoms with Gasteiger partial charge in [0, 0.05) is 38.8 Å². The Hall–Kier alpha value is -1.88. The fourth-order valence-electron chi connectivity index (χ4n) is 3.40. The van der Waals surface area contributed by atoms with Gasteiger partial charge in [-0.25, -0.2) is 0 Å². The molecule has 146 valence electrons. The predicted molar refractivity (Wildman–Crippen MR) is 113 cm³/mol. The summed E-state index contributed by atoms with van der Waals surface area (Å²) in [5.74, 6) is 0.221. The third kappa shape index (κ3) is 6.65. The molecule has 0 spiro atoms. The van der Waals surface area contributed by atoms with E-state index < -0.39 is 0 Å². The summed E-state index contributed by atoms with van der Waals surface area (Å²) in [5.41, 5.74) is 2.45. The third-order valence-electron chi connectivity index (χ3n) is 5.06. The van der Waals surface area contributed by atoms with Crippen molar-refractivity contribution in [3.05, 3.63) is 71.8 Å². The molecule has 0 bridgehead atoms. The van der Waals surface area contributed by atoms with Crippen LogP contribution in [0, 0.1) is 0 Å². The number of halogens is 1. The van der Waals surface area contributed by atoms with Crippen LogP contribution >= 0.6 is 12.4 Å². The zero-order valence-electron chi connectivity index (χ0n) is 16.0. The quantitative estimate of drug-likeness (QED) is 0.793. The summed E-state index contributed by atoms with van der Waals surface area (Å²) in [6, 6.07) is 21.1. The lowest BCUT2D eigenvalue weighted by molar-refractivity contribution is -0.133. The zero-order valence-corrected chi connectivity index (χ0v) is 16.8. The molecule has 1 amide bonds. The monoisotopic (exact) mass is 387 g/mol. The second-order valence-electron chi connectivity index (χ2n) is 7.06. The molecule has 4 nitrogen and oxygen atoms in total. The van der Waals surface area contributed by atoms with Crippen LogP contribution in [0.2, 0.25) is 0 Å². The zero-order chi connectivity index (χ0) is 18.2. The largest absolute Gasteiger partial charge is 0.337 e. The van der Waals surface area contributed by atoms with Crippen LogP contribution in [-0.4, -0.2) is 54.5 Å². The Labute approximate surface area is 169 Å². The van der Waals surface area contributed by atoms with E-state index in [0.29, 0.717) is 19.1 Å². The Morgan fingerprint density at radius 3 is 2.33 bits per heavy atom. The van der Waals surface area contributed by atoms with E-state index in [9.17, 15) is 4.79 Å². The van der Waals surface area contributed by atoms with Gasteiger partial charge in [0.1, 0.15) is 0 Å². The minimum Gasteiger partial charge on any atom is -0.337 e. The fraction of sp³-hybridized carbons (Fsp3) is 0.409. The standard InChI is InChI=1S/C22H29N3O.ClH/c1-19-16-23-13-15-24(19)18-22(26)25(17-21-10-6-3-7-11-21)14-12-20-8-4-2-5-9-20;/h2-11,19,23H,12-18H2,1H3;1H/t19-;/m1./s1. The van der Waals surface area contributed by atoms with Crippen molar-refractivity contribution in [3.8, 4) is 0 Å². The SMILES string of the molecule is C[C@@H]1CNCCN1CC(=O)N(CCc1ccccc1)Cc1ccccc1.Cl. The summed E-state index contributed by atoms with van der Waals surface area (Å²) >= 11 is 0. The van der Waals surface area contributed by atoms with Crippen LogP contribution in [0.15, 0.2) is 60.7 Å². The van der Waals surface area contributed by atoms with Gasteiger partial charge in [-0.05, 0) is 24.5 Å². The molecule has 5 heteroatoms. The molecule has 0 radical (unpaired) electrons. The van der Waals surface area contributed by atoms with Gasteiger partial charge in [0.2, 0.25) is 5.91 Å². The maximum Gasteiger partial charge on any atom is 0.237 e. The number of piperazine rings is 1. The molecule has 0 aromatic heterocycles. The van der Waals surface area contributed by atoms with Crippen molar-refractivity contribution in [3.63, 3.8) is 0 Å². The van der Waals surface area contributed by atoms with Crippen molar-refractivity contribution < 1.29 is 4.79 Å². The van der Waals surface area contributed by atoms with Crippen molar-refractivity contribution in [1.29, 1.82) is 0 Å². The van der Waals surface area contributed by atoms with Gasteiger partial charge < -0.3 is 10.2 Å². The number of carbonyl (C=O) groups is 1. The topological polar surface area (TPSA) is 35.6 Å². The van der Waals surface area contributed by atoms with Gasteiger partial charge in [-0.15, -0.1) is 12.4 Å². The lowest BCUT2D eigenvalue weighted by Crippen LogP contribution is -2.53. The molecule has 1 heterocycles. The number of rotatable bonds is 7. The maximum atomic E-state index is 13.0. The van der Waals surface area contributed by atoms with Crippen LogP contribution in [0.4, 0.5) is 0 Å². The van der Waals surface area contributed by atoms with Gasteiger partial charge in [0.05, 0.1) is 6.54 Å². The van der Waals surface area contributed by atoms with E-state index in [1.54, 1.807) is 0 Å². The van der Waals surface area contributed by atoms with E-state index in [1.807, 2.05) is 29.2 Å². The molecule has 1 saturated heterocycles. The summed E-state index contributed by atoms with van der Waals surface area (Å²) in [7, 11) is 0. The van der Waals surface area contributed by atoms with E-state index in [2.05, 4.69) is 53.5 Å². The minimum absolute atomic E-state index is 0. The van der Waals surface area contributed by atoms with E-state index in [-0.39, 0.29) is 18.3 Å². The summed E-state index contributed by atoms with van der Waals surface area (Å²) < 4.78 is 0. The summed E-state index contributed by atoms with van der Waals surface area (Å²) in [6.07, 6.45) is 0.885. The van der Waals surface area contributed by atoms with Gasteiger partial charge >= 0.3 is 0 Å². The predicted octanol–water partition coefficient (Wildman–Crippen LogP) is 2.97. The number of hydrogen-bond donors (Lipinski definition) is 1. The molecule has 1 aliphatic heterocycles. The number of nitrogens with zero attached hydrogens (tertiary/aromatic N) is 2. The van der Waals surface area contributed by atoms with Crippen LogP contribution in [0.1, 0.15) is 18.1 Å². The van der Waals surface area contributed by atoms with Gasteiger partial charge in [-0.3, -0.25) is 9.69 Å². The van der Waals surface area contributed by atoms with E-state index in [4.69, 9.17) is 0 Å². The third-order valence-corrected chi connectivity index (χ3v) is 5.06. The van der Waals surface area contributed by atoms with Gasteiger partial charge in [-0.1, -0.05) is 60.7 Å². The Balaban J connectivity index is 0.00000261. The molecule has 0 unspecified atom stereocenters. The molecule has 2 aromatic carbocycles. The van der Waals surface area contributed by atoms with Crippen molar-refractivity contribution in [2.45, 2.75) is 25.9 Å². The van der Waals surface area contributed by atoms with Gasteiger partial charge in [-0.2, -0.15) is 0 Å². The number of hydrogen-bond acceptors (Lipinski definition) is 3. The molecule has 0 saturated carbocycles. The van der Waals surface area contributed by atoms with E-state index in [0.717, 1.165) is 32.6 Å². The van der Waals surface area contributed by atoms with Crippen LogP contribution in [0.25, 0.3) is 0 Å². The number of benzene rings is 2. The lowest BCUT2D eigenvalue weighted by atomic mass is 10.1. The second-order valence-corrected chi connectivity index (χ2v) is 7.06. The molecule has 1 aliphatic rings. The summed E-state index contributed by atoms with van der Waals surface area (Å²) in [4.78, 5) is 17.3. The van der Waals surface area contributed by atoms with Crippen LogP contribution in [-0.2, 0) is 17.8 Å². The smallest absolute Gasteiger partial charge is 0.237 e. The average molecular weight is 388 g/mol. The van der Waals surface area contributed by atoms with Gasteiger partial charge in [0.15, 0.2) is 0 Å².